The summed E-state index contributed by atoms with van der Waals surface area (Å²) in [6, 6.07) is 0. The third kappa shape index (κ3) is 1.64. The first-order valence-electron chi connectivity index (χ1n) is 9.16. The minimum absolute atomic E-state index is 0.102. The summed E-state index contributed by atoms with van der Waals surface area (Å²) in [6.07, 6.45) is 16.6. The molecule has 0 heterocycles. The van der Waals surface area contributed by atoms with Crippen LogP contribution < -0.4 is 0 Å². The van der Waals surface area contributed by atoms with Crippen molar-refractivity contribution in [1.29, 1.82) is 0 Å². The Kier molecular flexibility index (Phi) is 3.06. The molecule has 0 aliphatic heterocycles. The lowest BCUT2D eigenvalue weighted by atomic mass is 9.45. The van der Waals surface area contributed by atoms with Gasteiger partial charge in [0, 0.05) is 5.41 Å². The molecule has 4 fully saturated rings. The van der Waals surface area contributed by atoms with Gasteiger partial charge in [0.1, 0.15) is 6.29 Å². The van der Waals surface area contributed by atoms with E-state index < -0.39 is 0 Å². The first kappa shape index (κ1) is 13.3. The Hall–Kier alpha value is -0.330. The largest absolute Gasteiger partial charge is 0.303 e. The van der Waals surface area contributed by atoms with E-state index in [0.29, 0.717) is 5.41 Å². The molecule has 112 valence electrons. The Bertz CT molecular complexity index is 403. The van der Waals surface area contributed by atoms with Crippen molar-refractivity contribution in [2.24, 2.45) is 34.5 Å². The van der Waals surface area contributed by atoms with Crippen LogP contribution in [0.1, 0.15) is 77.6 Å². The lowest BCUT2D eigenvalue weighted by Gasteiger charge is -2.59. The number of hydrogen-bond acceptors (Lipinski definition) is 1. The van der Waals surface area contributed by atoms with Crippen molar-refractivity contribution in [3.05, 3.63) is 0 Å². The molecule has 0 unspecified atom stereocenters. The van der Waals surface area contributed by atoms with E-state index >= 15 is 0 Å². The minimum Gasteiger partial charge on any atom is -0.303 e. The molecular weight excluding hydrogens is 244 g/mol. The van der Waals surface area contributed by atoms with Crippen LogP contribution in [0.2, 0.25) is 0 Å². The van der Waals surface area contributed by atoms with E-state index in [1.54, 1.807) is 0 Å². The van der Waals surface area contributed by atoms with Gasteiger partial charge in [0.15, 0.2) is 0 Å². The van der Waals surface area contributed by atoms with Gasteiger partial charge in [0.2, 0.25) is 0 Å². The highest BCUT2D eigenvalue weighted by Gasteiger charge is 2.58. The fourth-order valence-electron chi connectivity index (χ4n) is 7.18. The normalized spacial score (nSPS) is 54.6. The second kappa shape index (κ2) is 4.58. The standard InChI is InChI=1S/C19H30O/c1-18-10-4-6-16(18)15-8-7-14-5-2-3-11-19(14,13-20)17(15)9-12-18/h13-17H,2-12H2,1H3/t14-,15+,16+,17+,18+,19-/m1/s1. The number of hydrogen-bond donors (Lipinski definition) is 0. The van der Waals surface area contributed by atoms with Crippen LogP contribution in [0.4, 0.5) is 0 Å². The zero-order chi connectivity index (χ0) is 13.8. The Balaban J connectivity index is 1.68. The van der Waals surface area contributed by atoms with Crippen molar-refractivity contribution in [1.82, 2.24) is 0 Å². The Morgan fingerprint density at radius 1 is 0.850 bits per heavy atom. The van der Waals surface area contributed by atoms with E-state index in [-0.39, 0.29) is 5.41 Å². The molecule has 1 nitrogen and oxygen atoms in total. The van der Waals surface area contributed by atoms with Crippen molar-refractivity contribution < 1.29 is 4.79 Å². The van der Waals surface area contributed by atoms with Gasteiger partial charge < -0.3 is 4.79 Å². The van der Waals surface area contributed by atoms with Crippen molar-refractivity contribution in [2.45, 2.75) is 77.6 Å². The maximum absolute atomic E-state index is 12.1. The maximum Gasteiger partial charge on any atom is 0.126 e. The molecule has 0 saturated heterocycles. The zero-order valence-corrected chi connectivity index (χ0v) is 13.1. The summed E-state index contributed by atoms with van der Waals surface area (Å²) in [7, 11) is 0. The number of carbonyl (C=O) groups is 1. The average molecular weight is 274 g/mol. The molecule has 4 aliphatic rings. The molecule has 0 aromatic heterocycles. The second-order valence-electron chi connectivity index (χ2n) is 8.71. The van der Waals surface area contributed by atoms with Gasteiger partial charge in [-0.25, -0.2) is 0 Å². The topological polar surface area (TPSA) is 17.1 Å². The van der Waals surface area contributed by atoms with Crippen molar-refractivity contribution in [2.75, 3.05) is 0 Å². The zero-order valence-electron chi connectivity index (χ0n) is 13.1. The van der Waals surface area contributed by atoms with Gasteiger partial charge in [-0.1, -0.05) is 26.2 Å². The summed E-state index contributed by atoms with van der Waals surface area (Å²) in [5, 5.41) is 0. The third-order valence-electron chi connectivity index (χ3n) is 8.15. The Morgan fingerprint density at radius 3 is 2.60 bits per heavy atom. The predicted molar refractivity (Wildman–Crippen MR) is 81.4 cm³/mol. The van der Waals surface area contributed by atoms with Gasteiger partial charge >= 0.3 is 0 Å². The number of aldehydes is 1. The van der Waals surface area contributed by atoms with Crippen LogP contribution in [0, 0.1) is 34.5 Å². The Morgan fingerprint density at radius 2 is 1.75 bits per heavy atom. The van der Waals surface area contributed by atoms with Crippen LogP contribution in [0.25, 0.3) is 0 Å². The lowest BCUT2D eigenvalue weighted by Crippen LogP contribution is -2.53. The average Bonchev–Trinajstić information content (AvgIpc) is 2.88. The molecule has 4 saturated carbocycles. The second-order valence-corrected chi connectivity index (χ2v) is 8.71. The van der Waals surface area contributed by atoms with E-state index in [2.05, 4.69) is 6.92 Å². The molecule has 20 heavy (non-hydrogen) atoms. The quantitative estimate of drug-likeness (QED) is 0.616. The molecule has 1 heteroatoms. The minimum atomic E-state index is 0.102. The summed E-state index contributed by atoms with van der Waals surface area (Å²) >= 11 is 0. The Labute approximate surface area is 123 Å². The number of fused-ring (bicyclic) bond motifs is 5. The van der Waals surface area contributed by atoms with Crippen LogP contribution in [-0.2, 0) is 4.79 Å². The first-order valence-corrected chi connectivity index (χ1v) is 9.16. The van der Waals surface area contributed by atoms with Gasteiger partial charge in [0.05, 0.1) is 0 Å². The van der Waals surface area contributed by atoms with Crippen LogP contribution in [0.15, 0.2) is 0 Å². The molecule has 6 atom stereocenters. The van der Waals surface area contributed by atoms with Gasteiger partial charge in [0.25, 0.3) is 0 Å². The van der Waals surface area contributed by atoms with E-state index in [1.807, 2.05) is 0 Å². The molecule has 0 radical (unpaired) electrons. The summed E-state index contributed by atoms with van der Waals surface area (Å²) < 4.78 is 0. The first-order chi connectivity index (χ1) is 9.70. The maximum atomic E-state index is 12.1. The van der Waals surface area contributed by atoms with Crippen molar-refractivity contribution in [3.63, 3.8) is 0 Å². The van der Waals surface area contributed by atoms with Crippen molar-refractivity contribution >= 4 is 6.29 Å². The van der Waals surface area contributed by atoms with E-state index in [9.17, 15) is 4.79 Å². The fraction of sp³-hybridized carbons (Fsp3) is 0.947. The van der Waals surface area contributed by atoms with Crippen LogP contribution in [0.3, 0.4) is 0 Å². The van der Waals surface area contributed by atoms with Crippen LogP contribution >= 0.6 is 0 Å². The molecule has 4 rings (SSSR count). The summed E-state index contributed by atoms with van der Waals surface area (Å²) in [6.45, 7) is 2.56. The summed E-state index contributed by atoms with van der Waals surface area (Å²) in [5.41, 5.74) is 0.734. The highest BCUT2D eigenvalue weighted by Crippen LogP contribution is 2.65. The number of carbonyl (C=O) groups excluding carboxylic acids is 1. The van der Waals surface area contributed by atoms with Gasteiger partial charge in [-0.2, -0.15) is 0 Å². The molecule has 4 aliphatic carbocycles. The van der Waals surface area contributed by atoms with Gasteiger partial charge in [-0.05, 0) is 80.5 Å². The molecule has 0 aromatic rings. The molecule has 0 aromatic carbocycles. The highest BCUT2D eigenvalue weighted by molar-refractivity contribution is 5.61. The van der Waals surface area contributed by atoms with E-state index in [0.717, 1.165) is 23.7 Å². The fourth-order valence-corrected chi connectivity index (χ4v) is 7.18. The molecule has 0 amide bonds. The molecule has 0 bridgehead atoms. The van der Waals surface area contributed by atoms with Gasteiger partial charge in [-0.15, -0.1) is 0 Å². The summed E-state index contributed by atoms with van der Waals surface area (Å²) in [5.74, 6) is 3.31. The van der Waals surface area contributed by atoms with Gasteiger partial charge in [-0.3, -0.25) is 0 Å². The molecular formula is C19H30O. The third-order valence-corrected chi connectivity index (χ3v) is 8.15. The summed E-state index contributed by atoms with van der Waals surface area (Å²) in [4.78, 5) is 12.1. The monoisotopic (exact) mass is 274 g/mol. The number of rotatable bonds is 1. The SMILES string of the molecule is C[C@@]12CCC[C@H]1[C@@H]1CC[C@H]3CCCC[C@]3(C=O)[C@H]1CC2. The molecule has 0 N–H and O–H groups in total. The van der Waals surface area contributed by atoms with E-state index in [1.165, 1.54) is 76.9 Å². The van der Waals surface area contributed by atoms with E-state index in [4.69, 9.17) is 0 Å². The lowest BCUT2D eigenvalue weighted by molar-refractivity contribution is -0.145. The molecule has 0 spiro atoms. The van der Waals surface area contributed by atoms with Crippen molar-refractivity contribution in [3.8, 4) is 0 Å². The van der Waals surface area contributed by atoms with Crippen LogP contribution in [-0.4, -0.2) is 6.29 Å². The smallest absolute Gasteiger partial charge is 0.126 e. The highest BCUT2D eigenvalue weighted by atomic mass is 16.1. The van der Waals surface area contributed by atoms with Crippen LogP contribution in [0.5, 0.6) is 0 Å². The predicted octanol–water partition coefficient (Wildman–Crippen LogP) is 4.99.